The summed E-state index contributed by atoms with van der Waals surface area (Å²) in [5.74, 6) is 0.604. The summed E-state index contributed by atoms with van der Waals surface area (Å²) >= 11 is 0. The lowest BCUT2D eigenvalue weighted by Gasteiger charge is -2.32. The summed E-state index contributed by atoms with van der Waals surface area (Å²) in [7, 11) is 0. The van der Waals surface area contributed by atoms with Gasteiger partial charge in [-0.3, -0.25) is 9.48 Å². The van der Waals surface area contributed by atoms with E-state index in [0.29, 0.717) is 18.2 Å². The zero-order chi connectivity index (χ0) is 17.6. The number of nitrogens with zero attached hydrogens (tertiary/aromatic N) is 6. The fraction of sp³-hybridized carbons (Fsp3) is 0.667. The number of carbonyl (C=O) groups is 1. The van der Waals surface area contributed by atoms with E-state index in [1.54, 1.807) is 12.7 Å². The molecule has 0 spiro atoms. The molecule has 7 heteroatoms. The monoisotopic (exact) mass is 342 g/mol. The largest absolute Gasteiger partial charge is 0.335 e. The molecule has 25 heavy (non-hydrogen) atoms. The van der Waals surface area contributed by atoms with Crippen LogP contribution in [-0.4, -0.2) is 48.4 Å². The third-order valence-electron chi connectivity index (χ3n) is 5.08. The van der Waals surface area contributed by atoms with Crippen LogP contribution in [0.5, 0.6) is 0 Å². The maximum atomic E-state index is 13.1. The van der Waals surface area contributed by atoms with Crippen LogP contribution in [0.15, 0.2) is 18.7 Å². The number of likely N-dealkylation sites (tertiary alicyclic amines) is 1. The number of aromatic nitrogens is 5. The highest BCUT2D eigenvalue weighted by atomic mass is 16.2. The lowest BCUT2D eigenvalue weighted by atomic mass is 10.1. The van der Waals surface area contributed by atoms with Crippen LogP contribution in [0, 0.1) is 0 Å². The molecule has 134 valence electrons. The minimum absolute atomic E-state index is 0.0368. The second-order valence-corrected chi connectivity index (χ2v) is 8.23. The lowest BCUT2D eigenvalue weighted by molar-refractivity contribution is 0.0665. The first kappa shape index (κ1) is 16.3. The van der Waals surface area contributed by atoms with Gasteiger partial charge in [-0.1, -0.05) is 0 Å². The van der Waals surface area contributed by atoms with Crippen molar-refractivity contribution in [2.45, 2.75) is 64.0 Å². The molecule has 1 saturated heterocycles. The molecule has 2 aromatic heterocycles. The Hall–Kier alpha value is -2.18. The highest BCUT2D eigenvalue weighted by molar-refractivity contribution is 5.92. The molecular weight excluding hydrogens is 316 g/mol. The molecule has 0 N–H and O–H groups in total. The van der Waals surface area contributed by atoms with Crippen LogP contribution in [0.3, 0.4) is 0 Å². The predicted octanol–water partition coefficient (Wildman–Crippen LogP) is 2.58. The summed E-state index contributed by atoms with van der Waals surface area (Å²) in [6, 6.07) is 2.22. The summed E-state index contributed by atoms with van der Waals surface area (Å²) in [5.41, 5.74) is 1.68. The van der Waals surface area contributed by atoms with Crippen molar-refractivity contribution in [3.8, 4) is 0 Å². The number of piperidine rings is 1. The summed E-state index contributed by atoms with van der Waals surface area (Å²) in [5, 5.41) is 8.93. The average molecular weight is 342 g/mol. The van der Waals surface area contributed by atoms with E-state index < -0.39 is 0 Å². The van der Waals surface area contributed by atoms with Gasteiger partial charge in [0.15, 0.2) is 5.69 Å². The van der Waals surface area contributed by atoms with E-state index in [1.807, 2.05) is 15.6 Å². The third-order valence-corrected chi connectivity index (χ3v) is 5.08. The second-order valence-electron chi connectivity index (χ2n) is 8.23. The van der Waals surface area contributed by atoms with E-state index in [9.17, 15) is 4.79 Å². The molecule has 1 amide bonds. The normalized spacial score (nSPS) is 21.6. The topological polar surface area (TPSA) is 68.8 Å². The van der Waals surface area contributed by atoms with E-state index in [-0.39, 0.29) is 17.5 Å². The SMILES string of the molecule is CC(C)(C)n1nc(C(=O)N2CCCC(n3cncn3)C2)cc1C1CC1. The Bertz CT molecular complexity index is 753. The van der Waals surface area contributed by atoms with Gasteiger partial charge in [-0.05, 0) is 52.5 Å². The average Bonchev–Trinajstić information content (AvgIpc) is 3.12. The van der Waals surface area contributed by atoms with Gasteiger partial charge in [-0.25, -0.2) is 9.67 Å². The van der Waals surface area contributed by atoms with Gasteiger partial charge in [0.2, 0.25) is 0 Å². The summed E-state index contributed by atoms with van der Waals surface area (Å²) < 4.78 is 3.92. The van der Waals surface area contributed by atoms with Crippen LogP contribution in [0.4, 0.5) is 0 Å². The molecule has 2 aromatic rings. The maximum absolute atomic E-state index is 13.1. The highest BCUT2D eigenvalue weighted by Gasteiger charge is 2.34. The first-order valence-electron chi connectivity index (χ1n) is 9.17. The van der Waals surface area contributed by atoms with Crippen molar-refractivity contribution in [3.05, 3.63) is 30.1 Å². The first-order chi connectivity index (χ1) is 11.9. The fourth-order valence-corrected chi connectivity index (χ4v) is 3.63. The molecule has 1 aliphatic carbocycles. The van der Waals surface area contributed by atoms with Crippen molar-refractivity contribution in [2.75, 3.05) is 13.1 Å². The van der Waals surface area contributed by atoms with Crippen molar-refractivity contribution in [2.24, 2.45) is 0 Å². The van der Waals surface area contributed by atoms with Crippen LogP contribution < -0.4 is 0 Å². The maximum Gasteiger partial charge on any atom is 0.274 e. The van der Waals surface area contributed by atoms with Crippen LogP contribution >= 0.6 is 0 Å². The van der Waals surface area contributed by atoms with Crippen LogP contribution in [0.25, 0.3) is 0 Å². The molecule has 0 bridgehead atoms. The van der Waals surface area contributed by atoms with Gasteiger partial charge in [0, 0.05) is 24.7 Å². The number of amides is 1. The standard InChI is InChI=1S/C18H26N6O/c1-18(2,3)24-16(13-6-7-13)9-15(21-24)17(25)22-8-4-5-14(10-22)23-12-19-11-20-23/h9,11-14H,4-8,10H2,1-3H3. The van der Waals surface area contributed by atoms with Crippen LogP contribution in [-0.2, 0) is 5.54 Å². The Balaban J connectivity index is 1.56. The summed E-state index contributed by atoms with van der Waals surface area (Å²) in [6.45, 7) is 7.87. The molecule has 1 saturated carbocycles. The minimum Gasteiger partial charge on any atom is -0.335 e. The molecule has 4 rings (SSSR count). The Kier molecular flexibility index (Phi) is 3.89. The molecule has 1 aliphatic heterocycles. The molecule has 0 radical (unpaired) electrons. The van der Waals surface area contributed by atoms with Gasteiger partial charge < -0.3 is 4.90 Å². The van der Waals surface area contributed by atoms with Gasteiger partial charge in [0.25, 0.3) is 5.91 Å². The minimum atomic E-state index is -0.110. The zero-order valence-corrected chi connectivity index (χ0v) is 15.2. The van der Waals surface area contributed by atoms with Crippen molar-refractivity contribution in [1.82, 2.24) is 29.4 Å². The van der Waals surface area contributed by atoms with E-state index >= 15 is 0 Å². The number of carbonyl (C=O) groups excluding carboxylic acids is 1. The first-order valence-corrected chi connectivity index (χ1v) is 9.17. The Morgan fingerprint density at radius 1 is 1.24 bits per heavy atom. The second kappa shape index (κ2) is 5.97. The molecular formula is C18H26N6O. The number of rotatable bonds is 3. The van der Waals surface area contributed by atoms with Crippen molar-refractivity contribution < 1.29 is 4.79 Å². The van der Waals surface area contributed by atoms with Crippen LogP contribution in [0.1, 0.15) is 74.6 Å². The highest BCUT2D eigenvalue weighted by Crippen LogP contribution is 2.42. The van der Waals surface area contributed by atoms with Gasteiger partial charge >= 0.3 is 0 Å². The number of hydrogen-bond acceptors (Lipinski definition) is 4. The van der Waals surface area contributed by atoms with E-state index in [2.05, 4.69) is 35.5 Å². The Morgan fingerprint density at radius 2 is 2.04 bits per heavy atom. The van der Waals surface area contributed by atoms with Gasteiger partial charge in [0.05, 0.1) is 11.6 Å². The Labute approximate surface area is 148 Å². The third kappa shape index (κ3) is 3.19. The smallest absolute Gasteiger partial charge is 0.274 e. The van der Waals surface area contributed by atoms with Crippen molar-refractivity contribution in [1.29, 1.82) is 0 Å². The van der Waals surface area contributed by atoms with E-state index in [1.165, 1.54) is 18.5 Å². The fourth-order valence-electron chi connectivity index (χ4n) is 3.63. The molecule has 2 aliphatic rings. The van der Waals surface area contributed by atoms with Gasteiger partial charge in [0.1, 0.15) is 12.7 Å². The predicted molar refractivity (Wildman–Crippen MR) is 93.4 cm³/mol. The number of hydrogen-bond donors (Lipinski definition) is 0. The van der Waals surface area contributed by atoms with Crippen molar-refractivity contribution in [3.63, 3.8) is 0 Å². The zero-order valence-electron chi connectivity index (χ0n) is 15.2. The molecule has 3 heterocycles. The summed E-state index contributed by atoms with van der Waals surface area (Å²) in [4.78, 5) is 19.0. The van der Waals surface area contributed by atoms with Gasteiger partial charge in [-0.2, -0.15) is 10.2 Å². The molecule has 2 fully saturated rings. The molecule has 1 atom stereocenters. The van der Waals surface area contributed by atoms with E-state index in [4.69, 9.17) is 5.10 Å². The Morgan fingerprint density at radius 3 is 2.68 bits per heavy atom. The molecule has 0 aromatic carbocycles. The molecule has 1 unspecified atom stereocenters. The molecule has 7 nitrogen and oxygen atoms in total. The summed E-state index contributed by atoms with van der Waals surface area (Å²) in [6.07, 6.45) is 7.69. The quantitative estimate of drug-likeness (QED) is 0.860. The van der Waals surface area contributed by atoms with Crippen LogP contribution in [0.2, 0.25) is 0 Å². The van der Waals surface area contributed by atoms with Crippen molar-refractivity contribution >= 4 is 5.91 Å². The lowest BCUT2D eigenvalue weighted by Crippen LogP contribution is -2.41. The van der Waals surface area contributed by atoms with E-state index in [0.717, 1.165) is 19.4 Å². The van der Waals surface area contributed by atoms with Gasteiger partial charge in [-0.15, -0.1) is 0 Å².